The molecule has 3 N–H and O–H groups in total. The van der Waals surface area contributed by atoms with Crippen LogP contribution in [0.15, 0.2) is 15.7 Å². The summed E-state index contributed by atoms with van der Waals surface area (Å²) in [7, 11) is -3.46. The fourth-order valence-corrected chi connectivity index (χ4v) is 4.83. The molecule has 1 aromatic rings. The standard InChI is InChI=1S/C12H20N4O3S2/c1-2-14-11(17)8-15-3-5-16(6-4-15)21(18,19)12-7-10(13)9-20-12/h7,9H,2-6,8,13H2,1H3,(H,14,17). The lowest BCUT2D eigenvalue weighted by Gasteiger charge is -2.33. The number of carbonyl (C=O) groups is 1. The average Bonchev–Trinajstić information content (AvgIpc) is 2.87. The number of anilines is 1. The van der Waals surface area contributed by atoms with Crippen LogP contribution < -0.4 is 11.1 Å². The maximum atomic E-state index is 12.4. The van der Waals surface area contributed by atoms with Gasteiger partial charge >= 0.3 is 0 Å². The molecule has 1 aromatic heterocycles. The molecule has 1 aliphatic heterocycles. The van der Waals surface area contributed by atoms with Crippen molar-refractivity contribution in [3.63, 3.8) is 0 Å². The van der Waals surface area contributed by atoms with Gasteiger partial charge in [-0.05, 0) is 13.0 Å². The summed E-state index contributed by atoms with van der Waals surface area (Å²) in [4.78, 5) is 13.5. The first-order valence-corrected chi connectivity index (χ1v) is 9.08. The van der Waals surface area contributed by atoms with Crippen molar-refractivity contribution in [3.05, 3.63) is 11.4 Å². The number of likely N-dealkylation sites (N-methyl/N-ethyl adjacent to an activating group) is 1. The van der Waals surface area contributed by atoms with Gasteiger partial charge in [-0.15, -0.1) is 11.3 Å². The molecule has 9 heteroatoms. The molecular formula is C12H20N4O3S2. The molecule has 0 aromatic carbocycles. The molecular weight excluding hydrogens is 312 g/mol. The summed E-state index contributed by atoms with van der Waals surface area (Å²) in [5.74, 6) is -0.0279. The van der Waals surface area contributed by atoms with E-state index in [9.17, 15) is 13.2 Å². The highest BCUT2D eigenvalue weighted by molar-refractivity contribution is 7.91. The number of nitrogen functional groups attached to an aromatic ring is 1. The summed E-state index contributed by atoms with van der Waals surface area (Å²) in [5.41, 5.74) is 6.05. The highest BCUT2D eigenvalue weighted by atomic mass is 32.2. The summed E-state index contributed by atoms with van der Waals surface area (Å²) < 4.78 is 26.6. The number of amides is 1. The Labute approximate surface area is 128 Å². The van der Waals surface area contributed by atoms with E-state index in [0.29, 0.717) is 45.0 Å². The Balaban J connectivity index is 1.93. The highest BCUT2D eigenvalue weighted by Crippen LogP contribution is 2.25. The molecule has 0 aliphatic carbocycles. The monoisotopic (exact) mass is 332 g/mol. The van der Waals surface area contributed by atoms with Crippen molar-refractivity contribution < 1.29 is 13.2 Å². The van der Waals surface area contributed by atoms with Crippen LogP contribution in [0.4, 0.5) is 5.69 Å². The maximum Gasteiger partial charge on any atom is 0.252 e. The third-order valence-electron chi connectivity index (χ3n) is 3.26. The predicted molar refractivity (Wildman–Crippen MR) is 82.6 cm³/mol. The first-order chi connectivity index (χ1) is 9.93. The van der Waals surface area contributed by atoms with Gasteiger partial charge in [0.1, 0.15) is 4.21 Å². The normalized spacial score (nSPS) is 17.8. The van der Waals surface area contributed by atoms with Crippen molar-refractivity contribution >= 4 is 33.0 Å². The van der Waals surface area contributed by atoms with Crippen molar-refractivity contribution in [2.24, 2.45) is 0 Å². The summed E-state index contributed by atoms with van der Waals surface area (Å²) >= 11 is 1.14. The predicted octanol–water partition coefficient (Wildman–Crippen LogP) is -0.227. The molecule has 0 radical (unpaired) electrons. The Morgan fingerprint density at radius 1 is 1.38 bits per heavy atom. The first kappa shape index (κ1) is 16.2. The number of nitrogens with zero attached hydrogens (tertiary/aromatic N) is 2. The SMILES string of the molecule is CCNC(=O)CN1CCN(S(=O)(=O)c2cc(N)cs2)CC1. The average molecular weight is 332 g/mol. The quantitative estimate of drug-likeness (QED) is 0.777. The second-order valence-corrected chi connectivity index (χ2v) is 7.91. The van der Waals surface area contributed by atoms with Crippen molar-refractivity contribution in [1.82, 2.24) is 14.5 Å². The molecule has 1 fully saturated rings. The summed E-state index contributed by atoms with van der Waals surface area (Å²) in [5, 5.41) is 4.36. The minimum absolute atomic E-state index is 0.0279. The number of thiophene rings is 1. The molecule has 0 bridgehead atoms. The Hall–Kier alpha value is -1.16. The molecule has 1 aliphatic rings. The van der Waals surface area contributed by atoms with Crippen LogP contribution in [0.1, 0.15) is 6.92 Å². The molecule has 0 spiro atoms. The summed E-state index contributed by atoms with van der Waals surface area (Å²) in [6.07, 6.45) is 0. The lowest BCUT2D eigenvalue weighted by molar-refractivity contribution is -0.122. The van der Waals surface area contributed by atoms with E-state index in [1.54, 1.807) is 5.38 Å². The van der Waals surface area contributed by atoms with Crippen LogP contribution in [0.5, 0.6) is 0 Å². The summed E-state index contributed by atoms with van der Waals surface area (Å²) in [6, 6.07) is 1.49. The van der Waals surface area contributed by atoms with E-state index in [1.165, 1.54) is 10.4 Å². The zero-order chi connectivity index (χ0) is 15.5. The van der Waals surface area contributed by atoms with Crippen molar-refractivity contribution in [2.75, 3.05) is 45.0 Å². The molecule has 118 valence electrons. The Bertz CT molecular complexity index is 591. The fourth-order valence-electron chi connectivity index (χ4n) is 2.18. The minimum atomic E-state index is -3.46. The van der Waals surface area contributed by atoms with E-state index >= 15 is 0 Å². The molecule has 0 unspecified atom stereocenters. The van der Waals surface area contributed by atoms with Gasteiger partial charge in [-0.2, -0.15) is 4.31 Å². The van der Waals surface area contributed by atoms with E-state index in [1.807, 2.05) is 11.8 Å². The zero-order valence-corrected chi connectivity index (χ0v) is 13.5. The number of nitrogens with two attached hydrogens (primary N) is 1. The van der Waals surface area contributed by atoms with Crippen LogP contribution in [0.3, 0.4) is 0 Å². The molecule has 21 heavy (non-hydrogen) atoms. The van der Waals surface area contributed by atoms with Crippen LogP contribution in [0.25, 0.3) is 0 Å². The molecule has 0 atom stereocenters. The number of hydrogen-bond acceptors (Lipinski definition) is 6. The second kappa shape index (κ2) is 6.73. The molecule has 1 amide bonds. The van der Waals surface area contributed by atoms with E-state index in [0.717, 1.165) is 11.3 Å². The number of carbonyl (C=O) groups excluding carboxylic acids is 1. The van der Waals surface area contributed by atoms with Gasteiger partial charge in [0.05, 0.1) is 6.54 Å². The van der Waals surface area contributed by atoms with Crippen molar-refractivity contribution in [2.45, 2.75) is 11.1 Å². The Kier molecular flexibility index (Phi) is 5.20. The smallest absolute Gasteiger partial charge is 0.252 e. The van der Waals surface area contributed by atoms with Crippen LogP contribution in [-0.4, -0.2) is 62.8 Å². The molecule has 2 heterocycles. The number of piperazine rings is 1. The van der Waals surface area contributed by atoms with E-state index in [4.69, 9.17) is 5.73 Å². The van der Waals surface area contributed by atoms with Crippen LogP contribution in [0.2, 0.25) is 0 Å². The topological polar surface area (TPSA) is 95.7 Å². The van der Waals surface area contributed by atoms with Gasteiger partial charge in [0.2, 0.25) is 5.91 Å². The van der Waals surface area contributed by atoms with E-state index in [-0.39, 0.29) is 10.1 Å². The number of hydrogen-bond donors (Lipinski definition) is 2. The van der Waals surface area contributed by atoms with Gasteiger partial charge in [0.25, 0.3) is 10.0 Å². The van der Waals surface area contributed by atoms with Gasteiger partial charge in [0, 0.05) is 43.8 Å². The summed E-state index contributed by atoms with van der Waals surface area (Å²) in [6.45, 7) is 4.67. The second-order valence-electron chi connectivity index (χ2n) is 4.83. The largest absolute Gasteiger partial charge is 0.398 e. The van der Waals surface area contributed by atoms with Gasteiger partial charge in [-0.1, -0.05) is 0 Å². The minimum Gasteiger partial charge on any atom is -0.398 e. The van der Waals surface area contributed by atoms with Gasteiger partial charge < -0.3 is 11.1 Å². The van der Waals surface area contributed by atoms with E-state index < -0.39 is 10.0 Å². The lowest BCUT2D eigenvalue weighted by atomic mass is 10.3. The van der Waals surface area contributed by atoms with E-state index in [2.05, 4.69) is 5.32 Å². The van der Waals surface area contributed by atoms with Crippen LogP contribution >= 0.6 is 11.3 Å². The third kappa shape index (κ3) is 3.94. The third-order valence-corrected chi connectivity index (χ3v) is 6.59. The first-order valence-electron chi connectivity index (χ1n) is 6.76. The molecule has 2 rings (SSSR count). The van der Waals surface area contributed by atoms with Gasteiger partial charge in [-0.3, -0.25) is 9.69 Å². The zero-order valence-electron chi connectivity index (χ0n) is 11.9. The molecule has 0 saturated carbocycles. The van der Waals surface area contributed by atoms with Crippen molar-refractivity contribution in [1.29, 1.82) is 0 Å². The van der Waals surface area contributed by atoms with Crippen molar-refractivity contribution in [3.8, 4) is 0 Å². The lowest BCUT2D eigenvalue weighted by Crippen LogP contribution is -2.50. The Morgan fingerprint density at radius 2 is 2.05 bits per heavy atom. The Morgan fingerprint density at radius 3 is 2.57 bits per heavy atom. The van der Waals surface area contributed by atoms with Gasteiger partial charge in [-0.25, -0.2) is 8.42 Å². The van der Waals surface area contributed by atoms with Crippen LogP contribution in [-0.2, 0) is 14.8 Å². The van der Waals surface area contributed by atoms with Gasteiger partial charge in [0.15, 0.2) is 0 Å². The molecule has 7 nitrogen and oxygen atoms in total. The fraction of sp³-hybridized carbons (Fsp3) is 0.583. The number of nitrogens with one attached hydrogen (secondary N) is 1. The highest BCUT2D eigenvalue weighted by Gasteiger charge is 2.29. The maximum absolute atomic E-state index is 12.4. The number of sulfonamides is 1. The number of rotatable bonds is 5. The molecule has 1 saturated heterocycles. The van der Waals surface area contributed by atoms with Crippen LogP contribution in [0, 0.1) is 0 Å².